The van der Waals surface area contributed by atoms with Crippen LogP contribution in [0.5, 0.6) is 0 Å². The first-order valence-electron chi connectivity index (χ1n) is 7.69. The van der Waals surface area contributed by atoms with Gasteiger partial charge in [-0.3, -0.25) is 4.90 Å². The van der Waals surface area contributed by atoms with Crippen molar-refractivity contribution in [3.63, 3.8) is 0 Å². The molecule has 116 valence electrons. The van der Waals surface area contributed by atoms with Gasteiger partial charge in [-0.1, -0.05) is 23.7 Å². The van der Waals surface area contributed by atoms with Crippen molar-refractivity contribution in [3.8, 4) is 0 Å². The molecule has 1 saturated carbocycles. The van der Waals surface area contributed by atoms with Gasteiger partial charge in [0.15, 0.2) is 0 Å². The molecule has 1 aromatic heterocycles. The van der Waals surface area contributed by atoms with Crippen LogP contribution >= 0.6 is 23.4 Å². The van der Waals surface area contributed by atoms with E-state index in [-0.39, 0.29) is 0 Å². The number of halogens is 1. The number of nitrogens with zero attached hydrogens (tertiary/aromatic N) is 3. The Morgan fingerprint density at radius 1 is 1.23 bits per heavy atom. The Morgan fingerprint density at radius 2 is 2.05 bits per heavy atom. The van der Waals surface area contributed by atoms with Crippen molar-refractivity contribution >= 4 is 23.4 Å². The second-order valence-electron chi connectivity index (χ2n) is 5.92. The molecule has 2 heterocycles. The molecule has 4 nitrogen and oxygen atoms in total. The Labute approximate surface area is 139 Å². The molecule has 0 N–H and O–H groups in total. The fraction of sp³-hybridized carbons (Fsp3) is 0.500. The van der Waals surface area contributed by atoms with Crippen molar-refractivity contribution in [1.82, 2.24) is 15.1 Å². The Bertz CT molecular complexity index is 641. The Balaban J connectivity index is 1.50. The van der Waals surface area contributed by atoms with E-state index >= 15 is 0 Å². The molecule has 2 aliphatic rings. The minimum Gasteiger partial charge on any atom is -0.424 e. The van der Waals surface area contributed by atoms with Gasteiger partial charge in [-0.2, -0.15) is 11.8 Å². The van der Waals surface area contributed by atoms with Gasteiger partial charge in [-0.25, -0.2) is 0 Å². The molecule has 0 bridgehead atoms. The monoisotopic (exact) mass is 335 g/mol. The van der Waals surface area contributed by atoms with E-state index in [1.807, 2.05) is 23.9 Å². The largest absolute Gasteiger partial charge is 0.424 e. The van der Waals surface area contributed by atoms with Crippen molar-refractivity contribution in [2.24, 2.45) is 0 Å². The smallest absolute Gasteiger partial charge is 0.230 e. The van der Waals surface area contributed by atoms with Crippen LogP contribution in [0.4, 0.5) is 0 Å². The lowest BCUT2D eigenvalue weighted by atomic mass is 10.1. The summed E-state index contributed by atoms with van der Waals surface area (Å²) in [6.07, 6.45) is 2.38. The number of aromatic nitrogens is 2. The van der Waals surface area contributed by atoms with Crippen LogP contribution in [0.15, 0.2) is 28.7 Å². The third kappa shape index (κ3) is 3.16. The van der Waals surface area contributed by atoms with Gasteiger partial charge in [0.1, 0.15) is 0 Å². The average Bonchev–Trinajstić information content (AvgIpc) is 3.29. The van der Waals surface area contributed by atoms with Crippen LogP contribution in [0.3, 0.4) is 0 Å². The van der Waals surface area contributed by atoms with Crippen molar-refractivity contribution in [1.29, 1.82) is 0 Å². The van der Waals surface area contributed by atoms with Gasteiger partial charge >= 0.3 is 0 Å². The van der Waals surface area contributed by atoms with Crippen LogP contribution in [-0.2, 0) is 6.54 Å². The summed E-state index contributed by atoms with van der Waals surface area (Å²) < 4.78 is 5.82. The molecule has 22 heavy (non-hydrogen) atoms. The van der Waals surface area contributed by atoms with Gasteiger partial charge in [0, 0.05) is 35.0 Å². The molecular formula is C16H18ClN3OS. The van der Waals surface area contributed by atoms with Crippen LogP contribution in [0.25, 0.3) is 0 Å². The summed E-state index contributed by atoms with van der Waals surface area (Å²) in [5, 5.41) is 9.20. The van der Waals surface area contributed by atoms with Gasteiger partial charge in [-0.05, 0) is 30.5 Å². The fourth-order valence-corrected chi connectivity index (χ4v) is 4.10. The highest BCUT2D eigenvalue weighted by atomic mass is 35.5. The summed E-state index contributed by atoms with van der Waals surface area (Å²) >= 11 is 8.00. The van der Waals surface area contributed by atoms with Crippen molar-refractivity contribution in [2.45, 2.75) is 31.3 Å². The molecule has 1 saturated heterocycles. The van der Waals surface area contributed by atoms with Crippen LogP contribution in [0, 0.1) is 0 Å². The molecule has 2 fully saturated rings. The molecular weight excluding hydrogens is 318 g/mol. The van der Waals surface area contributed by atoms with Crippen LogP contribution in [-0.4, -0.2) is 33.1 Å². The second kappa shape index (κ2) is 6.22. The lowest BCUT2D eigenvalue weighted by Gasteiger charge is -2.34. The Hall–Kier alpha value is -1.04. The lowest BCUT2D eigenvalue weighted by Crippen LogP contribution is -2.35. The van der Waals surface area contributed by atoms with Crippen molar-refractivity contribution < 1.29 is 4.42 Å². The summed E-state index contributed by atoms with van der Waals surface area (Å²) in [5.41, 5.74) is 1.30. The van der Waals surface area contributed by atoms with Gasteiger partial charge < -0.3 is 4.42 Å². The third-order valence-electron chi connectivity index (χ3n) is 4.24. The summed E-state index contributed by atoms with van der Waals surface area (Å²) in [6.45, 7) is 1.77. The van der Waals surface area contributed by atoms with Gasteiger partial charge in [0.2, 0.25) is 11.8 Å². The number of benzene rings is 1. The Kier molecular flexibility index (Phi) is 4.11. The molecule has 1 aliphatic carbocycles. The zero-order chi connectivity index (χ0) is 14.9. The highest BCUT2D eigenvalue weighted by Gasteiger charge is 2.30. The zero-order valence-corrected chi connectivity index (χ0v) is 13.8. The first-order chi connectivity index (χ1) is 10.8. The van der Waals surface area contributed by atoms with E-state index in [9.17, 15) is 0 Å². The van der Waals surface area contributed by atoms with E-state index in [0.717, 1.165) is 41.4 Å². The van der Waals surface area contributed by atoms with Gasteiger partial charge in [0.05, 0.1) is 6.54 Å². The molecule has 6 heteroatoms. The fourth-order valence-electron chi connectivity index (χ4n) is 2.82. The molecule has 1 aromatic carbocycles. The van der Waals surface area contributed by atoms with E-state index in [0.29, 0.717) is 12.0 Å². The quantitative estimate of drug-likeness (QED) is 0.848. The molecule has 0 spiro atoms. The summed E-state index contributed by atoms with van der Waals surface area (Å²) in [5.74, 6) is 4.32. The highest BCUT2D eigenvalue weighted by molar-refractivity contribution is 7.99. The summed E-state index contributed by atoms with van der Waals surface area (Å²) in [6, 6.07) is 8.55. The molecule has 0 amide bonds. The number of rotatable bonds is 4. The number of thioether (sulfide) groups is 1. The van der Waals surface area contributed by atoms with E-state index in [1.165, 1.54) is 18.4 Å². The first-order valence-corrected chi connectivity index (χ1v) is 9.22. The van der Waals surface area contributed by atoms with Crippen molar-refractivity contribution in [2.75, 3.05) is 18.1 Å². The minimum absolute atomic E-state index is 0.382. The molecule has 1 atom stereocenters. The predicted octanol–water partition coefficient (Wildman–Crippen LogP) is 3.89. The van der Waals surface area contributed by atoms with Crippen LogP contribution in [0.2, 0.25) is 5.02 Å². The van der Waals surface area contributed by atoms with E-state index in [4.69, 9.17) is 16.0 Å². The van der Waals surface area contributed by atoms with E-state index in [2.05, 4.69) is 27.2 Å². The maximum absolute atomic E-state index is 6.00. The topological polar surface area (TPSA) is 42.2 Å². The molecule has 0 unspecified atom stereocenters. The SMILES string of the molecule is Clc1ccc([C@H]2CSCCN2Cc2nnc(C3CC3)o2)cc1. The van der Waals surface area contributed by atoms with Gasteiger partial charge in [0.25, 0.3) is 0 Å². The maximum Gasteiger partial charge on any atom is 0.230 e. The van der Waals surface area contributed by atoms with E-state index in [1.54, 1.807) is 0 Å². The molecule has 2 aromatic rings. The number of hydrogen-bond acceptors (Lipinski definition) is 5. The summed E-state index contributed by atoms with van der Waals surface area (Å²) in [4.78, 5) is 2.43. The van der Waals surface area contributed by atoms with E-state index < -0.39 is 0 Å². The molecule has 4 rings (SSSR count). The van der Waals surface area contributed by atoms with Crippen LogP contribution in [0.1, 0.15) is 42.1 Å². The average molecular weight is 336 g/mol. The zero-order valence-electron chi connectivity index (χ0n) is 12.2. The third-order valence-corrected chi connectivity index (χ3v) is 5.52. The number of hydrogen-bond donors (Lipinski definition) is 0. The lowest BCUT2D eigenvalue weighted by molar-refractivity contribution is 0.190. The Morgan fingerprint density at radius 3 is 2.82 bits per heavy atom. The highest BCUT2D eigenvalue weighted by Crippen LogP contribution is 2.39. The first kappa shape index (κ1) is 14.5. The van der Waals surface area contributed by atoms with Crippen molar-refractivity contribution in [3.05, 3.63) is 46.6 Å². The minimum atomic E-state index is 0.382. The predicted molar refractivity (Wildman–Crippen MR) is 88.2 cm³/mol. The molecule has 0 radical (unpaired) electrons. The molecule has 1 aliphatic heterocycles. The standard InChI is InChI=1S/C16H18ClN3OS/c17-13-5-3-11(4-6-13)14-10-22-8-7-20(14)9-15-18-19-16(21-15)12-1-2-12/h3-6,12,14H,1-2,7-10H2/t14-/m1/s1. The normalized spacial score (nSPS) is 22.9. The summed E-state index contributed by atoms with van der Waals surface area (Å²) in [7, 11) is 0. The van der Waals surface area contributed by atoms with Crippen LogP contribution < -0.4 is 0 Å². The maximum atomic E-state index is 6.00. The second-order valence-corrected chi connectivity index (χ2v) is 7.51. The van der Waals surface area contributed by atoms with Gasteiger partial charge in [-0.15, -0.1) is 10.2 Å².